The molecule has 0 spiro atoms. The van der Waals surface area contributed by atoms with Crippen LogP contribution in [0.2, 0.25) is 0 Å². The largest absolute Gasteiger partial charge is 0.409 e. The summed E-state index contributed by atoms with van der Waals surface area (Å²) in [5.74, 6) is 1.61. The Kier molecular flexibility index (Phi) is 7.00. The maximum atomic E-state index is 8.74. The number of oxime groups is 1. The van der Waals surface area contributed by atoms with Crippen LogP contribution in [0.4, 0.5) is 0 Å². The van der Waals surface area contributed by atoms with Gasteiger partial charge in [0.1, 0.15) is 5.84 Å². The van der Waals surface area contributed by atoms with Gasteiger partial charge in [-0.15, -0.1) is 0 Å². The Bertz CT molecular complexity index is 294. The lowest BCUT2D eigenvalue weighted by atomic mass is 9.86. The first-order valence-corrected chi connectivity index (χ1v) is 8.36. The van der Waals surface area contributed by atoms with E-state index in [1.165, 1.54) is 38.2 Å². The Morgan fingerprint density at radius 2 is 2.21 bits per heavy atom. The van der Waals surface area contributed by atoms with Crippen molar-refractivity contribution in [1.82, 2.24) is 4.90 Å². The van der Waals surface area contributed by atoms with Crippen LogP contribution in [-0.2, 0) is 0 Å². The number of unbranched alkanes of at least 4 members (excludes halogenated alkanes) is 1. The van der Waals surface area contributed by atoms with Gasteiger partial charge in [-0.1, -0.05) is 32.3 Å². The van der Waals surface area contributed by atoms with E-state index in [2.05, 4.69) is 28.7 Å². The molecule has 5 heteroatoms. The lowest BCUT2D eigenvalue weighted by Gasteiger charge is -2.32. The molecule has 1 saturated heterocycles. The molecule has 0 aliphatic carbocycles. The predicted octanol–water partition coefficient (Wildman–Crippen LogP) is 2.76. The van der Waals surface area contributed by atoms with Crippen molar-refractivity contribution in [2.75, 3.05) is 25.4 Å². The maximum absolute atomic E-state index is 8.74. The lowest BCUT2D eigenvalue weighted by molar-refractivity contribution is 0.268. The van der Waals surface area contributed by atoms with E-state index in [-0.39, 0.29) is 5.41 Å². The summed E-state index contributed by atoms with van der Waals surface area (Å²) in [7, 11) is 0. The van der Waals surface area contributed by atoms with Gasteiger partial charge in [0, 0.05) is 29.5 Å². The zero-order chi connectivity index (χ0) is 14.3. The van der Waals surface area contributed by atoms with Crippen LogP contribution in [0.25, 0.3) is 0 Å². The molecule has 19 heavy (non-hydrogen) atoms. The van der Waals surface area contributed by atoms with E-state index in [1.54, 1.807) is 0 Å². The van der Waals surface area contributed by atoms with Gasteiger partial charge in [-0.2, -0.15) is 11.8 Å². The third-order valence-electron chi connectivity index (χ3n) is 4.01. The Morgan fingerprint density at radius 1 is 1.47 bits per heavy atom. The molecule has 1 fully saturated rings. The molecule has 1 rings (SSSR count). The normalized spacial score (nSPS) is 22.7. The van der Waals surface area contributed by atoms with Gasteiger partial charge in [0.05, 0.1) is 0 Å². The molecular formula is C14H29N3OS. The van der Waals surface area contributed by atoms with Crippen LogP contribution >= 0.6 is 11.8 Å². The first kappa shape index (κ1) is 16.6. The molecule has 4 nitrogen and oxygen atoms in total. The molecule has 0 radical (unpaired) electrons. The second-order valence-corrected chi connectivity index (χ2v) is 7.44. The average molecular weight is 287 g/mol. The van der Waals surface area contributed by atoms with Crippen molar-refractivity contribution in [1.29, 1.82) is 0 Å². The number of amidine groups is 1. The number of hydrogen-bond donors (Lipinski definition) is 2. The van der Waals surface area contributed by atoms with Crippen molar-refractivity contribution < 1.29 is 5.21 Å². The third kappa shape index (κ3) is 5.61. The predicted molar refractivity (Wildman–Crippen MR) is 84.0 cm³/mol. The first-order valence-electron chi connectivity index (χ1n) is 7.31. The minimum Gasteiger partial charge on any atom is -0.409 e. The minimum absolute atomic E-state index is 0.196. The molecule has 1 unspecified atom stereocenters. The number of hydrogen-bond acceptors (Lipinski definition) is 4. The molecule has 0 aromatic rings. The van der Waals surface area contributed by atoms with E-state index in [0.29, 0.717) is 5.84 Å². The molecule has 3 N–H and O–H groups in total. The fourth-order valence-corrected chi connectivity index (χ4v) is 3.65. The van der Waals surface area contributed by atoms with Crippen LogP contribution in [-0.4, -0.2) is 46.6 Å². The summed E-state index contributed by atoms with van der Waals surface area (Å²) in [5.41, 5.74) is 5.50. The van der Waals surface area contributed by atoms with Gasteiger partial charge in [0.25, 0.3) is 0 Å². The van der Waals surface area contributed by atoms with Gasteiger partial charge in [-0.3, -0.25) is 0 Å². The van der Waals surface area contributed by atoms with E-state index >= 15 is 0 Å². The summed E-state index contributed by atoms with van der Waals surface area (Å²) >= 11 is 2.12. The van der Waals surface area contributed by atoms with Crippen molar-refractivity contribution in [2.24, 2.45) is 16.3 Å². The molecular weight excluding hydrogens is 258 g/mol. The SMILES string of the molecule is CCC1CN(CCCCC(C)(C)C(N)=NO)CCS1. The van der Waals surface area contributed by atoms with Gasteiger partial charge in [0.2, 0.25) is 0 Å². The highest BCUT2D eigenvalue weighted by Crippen LogP contribution is 2.24. The molecule has 0 aromatic carbocycles. The van der Waals surface area contributed by atoms with E-state index in [0.717, 1.165) is 18.1 Å². The number of rotatable bonds is 7. The molecule has 0 amide bonds. The Balaban J connectivity index is 2.20. The van der Waals surface area contributed by atoms with Gasteiger partial charge in [-0.25, -0.2) is 0 Å². The summed E-state index contributed by atoms with van der Waals surface area (Å²) in [5, 5.41) is 12.7. The topological polar surface area (TPSA) is 61.8 Å². The Morgan fingerprint density at radius 3 is 2.84 bits per heavy atom. The van der Waals surface area contributed by atoms with Gasteiger partial charge in [-0.05, 0) is 25.8 Å². The van der Waals surface area contributed by atoms with E-state index in [9.17, 15) is 0 Å². The molecule has 0 aromatic heterocycles. The highest BCUT2D eigenvalue weighted by atomic mass is 32.2. The standard InChI is InChI=1S/C14H29N3OS/c1-4-12-11-17(9-10-19-12)8-6-5-7-14(2,3)13(15)16-18/h12,18H,4-11H2,1-3H3,(H2,15,16). The second kappa shape index (κ2) is 8.00. The molecule has 112 valence electrons. The Labute approximate surface area is 121 Å². The van der Waals surface area contributed by atoms with E-state index in [1.807, 2.05) is 13.8 Å². The monoisotopic (exact) mass is 287 g/mol. The van der Waals surface area contributed by atoms with Crippen molar-refractivity contribution in [2.45, 2.75) is 51.7 Å². The van der Waals surface area contributed by atoms with E-state index in [4.69, 9.17) is 10.9 Å². The number of nitrogens with zero attached hydrogens (tertiary/aromatic N) is 2. The van der Waals surface area contributed by atoms with Crippen LogP contribution < -0.4 is 5.73 Å². The molecule has 1 aliphatic rings. The summed E-state index contributed by atoms with van der Waals surface area (Å²) in [6.45, 7) is 10.00. The first-order chi connectivity index (χ1) is 8.99. The summed E-state index contributed by atoms with van der Waals surface area (Å²) < 4.78 is 0. The molecule has 0 saturated carbocycles. The highest BCUT2D eigenvalue weighted by molar-refractivity contribution is 8.00. The van der Waals surface area contributed by atoms with Crippen LogP contribution in [0.1, 0.15) is 46.5 Å². The van der Waals surface area contributed by atoms with Crippen LogP contribution in [0.3, 0.4) is 0 Å². The Hall–Kier alpha value is -0.420. The number of thioether (sulfide) groups is 1. The maximum Gasteiger partial charge on any atom is 0.144 e. The summed E-state index contributed by atoms with van der Waals surface area (Å²) in [6.07, 6.45) is 4.58. The van der Waals surface area contributed by atoms with Crippen molar-refractivity contribution in [3.05, 3.63) is 0 Å². The van der Waals surface area contributed by atoms with Crippen molar-refractivity contribution in [3.8, 4) is 0 Å². The zero-order valence-electron chi connectivity index (χ0n) is 12.6. The number of nitrogens with two attached hydrogens (primary N) is 1. The molecule has 1 heterocycles. The van der Waals surface area contributed by atoms with Crippen LogP contribution in [0.5, 0.6) is 0 Å². The minimum atomic E-state index is -0.196. The molecule has 1 atom stereocenters. The van der Waals surface area contributed by atoms with E-state index < -0.39 is 0 Å². The molecule has 0 bridgehead atoms. The summed E-state index contributed by atoms with van der Waals surface area (Å²) in [6, 6.07) is 0. The van der Waals surface area contributed by atoms with Gasteiger partial charge >= 0.3 is 0 Å². The van der Waals surface area contributed by atoms with Crippen molar-refractivity contribution >= 4 is 17.6 Å². The summed E-state index contributed by atoms with van der Waals surface area (Å²) in [4.78, 5) is 2.58. The third-order valence-corrected chi connectivity index (χ3v) is 5.38. The quantitative estimate of drug-likeness (QED) is 0.248. The average Bonchev–Trinajstić information content (AvgIpc) is 2.43. The van der Waals surface area contributed by atoms with Crippen LogP contribution in [0.15, 0.2) is 5.16 Å². The van der Waals surface area contributed by atoms with Gasteiger partial charge in [0.15, 0.2) is 0 Å². The smallest absolute Gasteiger partial charge is 0.144 e. The fraction of sp³-hybridized carbons (Fsp3) is 0.929. The lowest BCUT2D eigenvalue weighted by Crippen LogP contribution is -2.38. The molecule has 1 aliphatic heterocycles. The van der Waals surface area contributed by atoms with Crippen LogP contribution in [0, 0.1) is 5.41 Å². The van der Waals surface area contributed by atoms with Crippen molar-refractivity contribution in [3.63, 3.8) is 0 Å². The second-order valence-electron chi connectivity index (χ2n) is 6.03. The fourth-order valence-electron chi connectivity index (χ4n) is 2.40. The van der Waals surface area contributed by atoms with Gasteiger partial charge < -0.3 is 15.8 Å². The zero-order valence-corrected chi connectivity index (χ0v) is 13.4. The highest BCUT2D eigenvalue weighted by Gasteiger charge is 2.23.